The van der Waals surface area contributed by atoms with Crippen molar-refractivity contribution in [2.75, 3.05) is 0 Å². The maximum Gasteiger partial charge on any atom is 0.335 e. The van der Waals surface area contributed by atoms with Crippen molar-refractivity contribution in [2.24, 2.45) is 5.92 Å². The van der Waals surface area contributed by atoms with E-state index in [0.29, 0.717) is 17.4 Å². The van der Waals surface area contributed by atoms with Gasteiger partial charge in [0.15, 0.2) is 11.5 Å². The number of benzene rings is 1. The molecule has 0 radical (unpaired) electrons. The van der Waals surface area contributed by atoms with Crippen molar-refractivity contribution in [1.29, 1.82) is 0 Å². The van der Waals surface area contributed by atoms with Gasteiger partial charge in [-0.1, -0.05) is 6.92 Å². The first-order valence-electron chi connectivity index (χ1n) is 5.79. The second-order valence-electron chi connectivity index (χ2n) is 4.67. The highest BCUT2D eigenvalue weighted by Gasteiger charge is 2.32. The van der Waals surface area contributed by atoms with Crippen molar-refractivity contribution in [1.82, 2.24) is 4.98 Å². The number of hydrogen-bond acceptors (Lipinski definition) is 3. The van der Waals surface area contributed by atoms with Gasteiger partial charge in [0.2, 0.25) is 0 Å². The second-order valence-corrected chi connectivity index (χ2v) is 4.67. The fourth-order valence-corrected chi connectivity index (χ4v) is 2.07. The Kier molecular flexibility index (Phi) is 2.18. The first kappa shape index (κ1) is 10.3. The van der Waals surface area contributed by atoms with Crippen molar-refractivity contribution in [3.05, 3.63) is 29.7 Å². The number of carboxylic acids is 1. The molecule has 17 heavy (non-hydrogen) atoms. The fourth-order valence-electron chi connectivity index (χ4n) is 2.07. The van der Waals surface area contributed by atoms with Gasteiger partial charge in [-0.25, -0.2) is 9.78 Å². The molecule has 1 unspecified atom stereocenters. The predicted molar refractivity (Wildman–Crippen MR) is 62.1 cm³/mol. The number of nitrogens with zero attached hydrogens (tertiary/aromatic N) is 1. The van der Waals surface area contributed by atoms with Crippen LogP contribution in [0.1, 0.15) is 41.9 Å². The van der Waals surface area contributed by atoms with E-state index in [0.717, 1.165) is 11.4 Å². The van der Waals surface area contributed by atoms with Gasteiger partial charge in [-0.2, -0.15) is 0 Å². The molecule has 1 N–H and O–H groups in total. The molecule has 0 amide bonds. The normalized spacial score (nSPS) is 17.2. The molecule has 1 aliphatic carbocycles. The van der Waals surface area contributed by atoms with E-state index < -0.39 is 5.97 Å². The van der Waals surface area contributed by atoms with Gasteiger partial charge in [0.1, 0.15) is 5.52 Å². The maximum absolute atomic E-state index is 10.8. The van der Waals surface area contributed by atoms with Gasteiger partial charge in [-0.15, -0.1) is 0 Å². The van der Waals surface area contributed by atoms with Crippen LogP contribution in [0, 0.1) is 5.92 Å². The van der Waals surface area contributed by atoms with E-state index in [9.17, 15) is 4.79 Å². The summed E-state index contributed by atoms with van der Waals surface area (Å²) in [5.74, 6) is 0.794. The fraction of sp³-hybridized carbons (Fsp3) is 0.385. The number of aromatic nitrogens is 1. The molecule has 0 aliphatic heterocycles. The first-order chi connectivity index (χ1) is 8.15. The van der Waals surface area contributed by atoms with Crippen LogP contribution in [-0.4, -0.2) is 16.1 Å². The smallest absolute Gasteiger partial charge is 0.335 e. The summed E-state index contributed by atoms with van der Waals surface area (Å²) in [4.78, 5) is 15.3. The molecule has 1 fully saturated rings. The Balaban J connectivity index is 2.02. The van der Waals surface area contributed by atoms with Crippen molar-refractivity contribution >= 4 is 17.1 Å². The molecular formula is C13H13NO3. The molecule has 0 spiro atoms. The average Bonchev–Trinajstić information content (AvgIpc) is 3.06. The predicted octanol–water partition coefficient (Wildman–Crippen LogP) is 3.04. The molecule has 1 aliphatic rings. The molecule has 2 aromatic rings. The lowest BCUT2D eigenvalue weighted by Gasteiger charge is -2.02. The van der Waals surface area contributed by atoms with Gasteiger partial charge in [-0.3, -0.25) is 0 Å². The van der Waals surface area contributed by atoms with Gasteiger partial charge < -0.3 is 9.52 Å². The van der Waals surface area contributed by atoms with Gasteiger partial charge in [0.25, 0.3) is 0 Å². The summed E-state index contributed by atoms with van der Waals surface area (Å²) < 4.78 is 5.65. The van der Waals surface area contributed by atoms with Crippen molar-refractivity contribution in [3.63, 3.8) is 0 Å². The van der Waals surface area contributed by atoms with E-state index in [1.165, 1.54) is 18.9 Å². The van der Waals surface area contributed by atoms with E-state index in [2.05, 4.69) is 11.9 Å². The third kappa shape index (κ3) is 1.79. The summed E-state index contributed by atoms with van der Waals surface area (Å²) in [6.07, 6.45) is 2.47. The Morgan fingerprint density at radius 3 is 2.94 bits per heavy atom. The number of carbonyl (C=O) groups is 1. The minimum Gasteiger partial charge on any atom is -0.478 e. The van der Waals surface area contributed by atoms with Gasteiger partial charge in [-0.05, 0) is 37.0 Å². The lowest BCUT2D eigenvalue weighted by Crippen LogP contribution is -1.94. The zero-order valence-electron chi connectivity index (χ0n) is 9.51. The lowest BCUT2D eigenvalue weighted by atomic mass is 10.1. The molecular weight excluding hydrogens is 218 g/mol. The van der Waals surface area contributed by atoms with Crippen LogP contribution in [0.4, 0.5) is 0 Å². The zero-order valence-corrected chi connectivity index (χ0v) is 9.51. The summed E-state index contributed by atoms with van der Waals surface area (Å²) >= 11 is 0. The lowest BCUT2D eigenvalue weighted by molar-refractivity contribution is 0.0697. The highest BCUT2D eigenvalue weighted by atomic mass is 16.4. The minimum absolute atomic E-state index is 0.235. The summed E-state index contributed by atoms with van der Waals surface area (Å²) in [5, 5.41) is 8.90. The van der Waals surface area contributed by atoms with Crippen LogP contribution in [0.25, 0.3) is 11.1 Å². The monoisotopic (exact) mass is 231 g/mol. The van der Waals surface area contributed by atoms with Crippen LogP contribution in [0.15, 0.2) is 22.6 Å². The molecule has 1 heterocycles. The first-order valence-corrected chi connectivity index (χ1v) is 5.79. The Morgan fingerprint density at radius 2 is 2.29 bits per heavy atom. The van der Waals surface area contributed by atoms with Crippen LogP contribution >= 0.6 is 0 Å². The number of hydrogen-bond donors (Lipinski definition) is 1. The van der Waals surface area contributed by atoms with Crippen LogP contribution in [0.3, 0.4) is 0 Å². The van der Waals surface area contributed by atoms with Gasteiger partial charge in [0, 0.05) is 5.92 Å². The molecule has 1 aromatic heterocycles. The quantitative estimate of drug-likeness (QED) is 0.881. The average molecular weight is 231 g/mol. The number of oxazole rings is 1. The SMILES string of the molecule is CC(c1nc2ccc(C(=O)O)cc2o1)C1CC1. The maximum atomic E-state index is 10.8. The second kappa shape index (κ2) is 3.58. The molecule has 4 nitrogen and oxygen atoms in total. The Bertz CT molecular complexity index is 583. The highest BCUT2D eigenvalue weighted by molar-refractivity contribution is 5.91. The van der Waals surface area contributed by atoms with Crippen molar-refractivity contribution in [3.8, 4) is 0 Å². The van der Waals surface area contributed by atoms with Crippen LogP contribution in [0.2, 0.25) is 0 Å². The van der Waals surface area contributed by atoms with Crippen LogP contribution in [0.5, 0.6) is 0 Å². The highest BCUT2D eigenvalue weighted by Crippen LogP contribution is 2.42. The summed E-state index contributed by atoms with van der Waals surface area (Å²) in [5.41, 5.74) is 1.53. The standard InChI is InChI=1S/C13H13NO3/c1-7(8-2-3-8)12-14-10-5-4-9(13(15)16)6-11(10)17-12/h4-8H,2-3H2,1H3,(H,15,16). The summed E-state index contributed by atoms with van der Waals surface area (Å²) in [7, 11) is 0. The van der Waals surface area contributed by atoms with E-state index in [4.69, 9.17) is 9.52 Å². The number of carboxylic acid groups (broad SMARTS) is 1. The molecule has 1 aromatic carbocycles. The third-order valence-electron chi connectivity index (χ3n) is 3.37. The Hall–Kier alpha value is -1.84. The molecule has 3 rings (SSSR count). The van der Waals surface area contributed by atoms with E-state index in [1.54, 1.807) is 12.1 Å². The number of aromatic carboxylic acids is 1. The third-order valence-corrected chi connectivity index (χ3v) is 3.37. The summed E-state index contributed by atoms with van der Waals surface area (Å²) in [6, 6.07) is 4.79. The minimum atomic E-state index is -0.944. The Morgan fingerprint density at radius 1 is 1.53 bits per heavy atom. The molecule has 0 bridgehead atoms. The molecule has 0 saturated heterocycles. The molecule has 1 atom stereocenters. The Labute approximate surface area is 98.3 Å². The molecule has 1 saturated carbocycles. The summed E-state index contributed by atoms with van der Waals surface area (Å²) in [6.45, 7) is 2.11. The van der Waals surface area contributed by atoms with E-state index in [-0.39, 0.29) is 5.56 Å². The van der Waals surface area contributed by atoms with Gasteiger partial charge >= 0.3 is 5.97 Å². The van der Waals surface area contributed by atoms with Crippen molar-refractivity contribution in [2.45, 2.75) is 25.7 Å². The molecule has 88 valence electrons. The van der Waals surface area contributed by atoms with E-state index >= 15 is 0 Å². The van der Waals surface area contributed by atoms with Gasteiger partial charge in [0.05, 0.1) is 5.56 Å². The topological polar surface area (TPSA) is 63.3 Å². The largest absolute Gasteiger partial charge is 0.478 e. The van der Waals surface area contributed by atoms with E-state index in [1.807, 2.05) is 0 Å². The number of rotatable bonds is 3. The zero-order chi connectivity index (χ0) is 12.0. The van der Waals surface area contributed by atoms with Crippen molar-refractivity contribution < 1.29 is 14.3 Å². The van der Waals surface area contributed by atoms with Crippen LogP contribution in [-0.2, 0) is 0 Å². The van der Waals surface area contributed by atoms with Crippen LogP contribution < -0.4 is 0 Å². The number of fused-ring (bicyclic) bond motifs is 1. The molecule has 4 heteroatoms.